The van der Waals surface area contributed by atoms with Crippen molar-refractivity contribution in [1.82, 2.24) is 15.0 Å². The molecular weight excluding hydrogens is 216 g/mol. The largest absolute Gasteiger partial charge is 0.393 e. The minimum Gasteiger partial charge on any atom is -0.393 e. The van der Waals surface area contributed by atoms with Crippen molar-refractivity contribution in [2.75, 3.05) is 0 Å². The predicted molar refractivity (Wildman–Crippen MR) is 62.2 cm³/mol. The van der Waals surface area contributed by atoms with Crippen molar-refractivity contribution in [1.29, 1.82) is 5.26 Å². The second-order valence-electron chi connectivity index (χ2n) is 4.74. The molecule has 0 amide bonds. The number of hydrogen-bond donors (Lipinski definition) is 1. The molecule has 0 aromatic carbocycles. The Morgan fingerprint density at radius 2 is 2.35 bits per heavy atom. The molecule has 1 heterocycles. The summed E-state index contributed by atoms with van der Waals surface area (Å²) in [6.07, 6.45) is 4.12. The van der Waals surface area contributed by atoms with Crippen molar-refractivity contribution >= 4 is 0 Å². The first kappa shape index (κ1) is 12.1. The monoisotopic (exact) mass is 234 g/mol. The Hall–Kier alpha value is -1.41. The van der Waals surface area contributed by atoms with Crippen LogP contribution < -0.4 is 0 Å². The number of aliphatic hydroxyl groups is 1. The lowest BCUT2D eigenvalue weighted by molar-refractivity contribution is 0.178. The molecule has 1 unspecified atom stereocenters. The Morgan fingerprint density at radius 1 is 1.59 bits per heavy atom. The smallest absolute Gasteiger partial charge is 0.100 e. The molecule has 1 fully saturated rings. The van der Waals surface area contributed by atoms with Crippen molar-refractivity contribution in [2.45, 2.75) is 57.6 Å². The van der Waals surface area contributed by atoms with E-state index in [2.05, 4.69) is 16.4 Å². The molecule has 5 nitrogen and oxygen atoms in total. The highest BCUT2D eigenvalue weighted by atomic mass is 16.3. The van der Waals surface area contributed by atoms with E-state index in [-0.39, 0.29) is 6.10 Å². The maximum Gasteiger partial charge on any atom is 0.100 e. The molecule has 0 bridgehead atoms. The third-order valence-electron chi connectivity index (χ3n) is 3.05. The average Bonchev–Trinajstić information content (AvgIpc) is 3.03. The van der Waals surface area contributed by atoms with Crippen LogP contribution in [0.3, 0.4) is 0 Å². The molecule has 1 aromatic rings. The summed E-state index contributed by atoms with van der Waals surface area (Å²) in [4.78, 5) is 0. The lowest BCUT2D eigenvalue weighted by Crippen LogP contribution is -2.08. The predicted octanol–water partition coefficient (Wildman–Crippen LogP) is 1.38. The maximum absolute atomic E-state index is 9.22. The highest BCUT2D eigenvalue weighted by Crippen LogP contribution is 2.41. The van der Waals surface area contributed by atoms with Crippen LogP contribution in [0.5, 0.6) is 0 Å². The van der Waals surface area contributed by atoms with Gasteiger partial charge in [0.1, 0.15) is 5.69 Å². The van der Waals surface area contributed by atoms with E-state index in [4.69, 9.17) is 5.26 Å². The molecule has 2 rings (SSSR count). The van der Waals surface area contributed by atoms with Crippen LogP contribution in [0.15, 0.2) is 0 Å². The molecule has 1 aliphatic carbocycles. The van der Waals surface area contributed by atoms with Crippen LogP contribution in [0, 0.1) is 11.3 Å². The molecule has 0 spiro atoms. The van der Waals surface area contributed by atoms with E-state index < -0.39 is 0 Å². The first-order chi connectivity index (χ1) is 8.22. The number of aryl methyl sites for hydroxylation is 1. The molecule has 1 atom stereocenters. The summed E-state index contributed by atoms with van der Waals surface area (Å²) in [5.74, 6) is 0.555. The lowest BCUT2D eigenvalue weighted by atomic mass is 10.1. The summed E-state index contributed by atoms with van der Waals surface area (Å²) < 4.78 is 1.92. The summed E-state index contributed by atoms with van der Waals surface area (Å²) >= 11 is 0. The summed E-state index contributed by atoms with van der Waals surface area (Å²) in [6.45, 7) is 2.58. The van der Waals surface area contributed by atoms with E-state index in [1.165, 1.54) is 12.8 Å². The van der Waals surface area contributed by atoms with Gasteiger partial charge in [-0.15, -0.1) is 5.10 Å². The second-order valence-corrected chi connectivity index (χ2v) is 4.74. The van der Waals surface area contributed by atoms with Gasteiger partial charge in [0.15, 0.2) is 0 Å². The fourth-order valence-corrected chi connectivity index (χ4v) is 2.06. The zero-order valence-electron chi connectivity index (χ0n) is 10.1. The summed E-state index contributed by atoms with van der Waals surface area (Å²) in [7, 11) is 0. The molecule has 0 aliphatic heterocycles. The fraction of sp³-hybridized carbons (Fsp3) is 0.750. The SMILES string of the molecule is CC(O)CCCn1nnc(CC#N)c1C1CC1. The minimum absolute atomic E-state index is 0.263. The van der Waals surface area contributed by atoms with Gasteiger partial charge in [0, 0.05) is 12.5 Å². The van der Waals surface area contributed by atoms with Crippen molar-refractivity contribution in [3.8, 4) is 6.07 Å². The van der Waals surface area contributed by atoms with E-state index in [1.807, 2.05) is 4.68 Å². The fourth-order valence-electron chi connectivity index (χ4n) is 2.06. The summed E-state index contributed by atoms with van der Waals surface area (Å²) in [5.41, 5.74) is 1.99. The van der Waals surface area contributed by atoms with Crippen LogP contribution in [-0.2, 0) is 13.0 Å². The van der Waals surface area contributed by atoms with E-state index in [9.17, 15) is 5.11 Å². The minimum atomic E-state index is -0.263. The first-order valence-corrected chi connectivity index (χ1v) is 6.19. The number of aromatic nitrogens is 3. The van der Waals surface area contributed by atoms with Crippen LogP contribution in [0.2, 0.25) is 0 Å². The highest BCUT2D eigenvalue weighted by Gasteiger charge is 2.30. The van der Waals surface area contributed by atoms with Crippen LogP contribution >= 0.6 is 0 Å². The van der Waals surface area contributed by atoms with Gasteiger partial charge in [0.2, 0.25) is 0 Å². The van der Waals surface area contributed by atoms with Crippen LogP contribution in [0.1, 0.15) is 49.9 Å². The van der Waals surface area contributed by atoms with Gasteiger partial charge < -0.3 is 5.11 Å². The zero-order valence-corrected chi connectivity index (χ0v) is 10.1. The number of nitrogens with zero attached hydrogens (tertiary/aromatic N) is 4. The first-order valence-electron chi connectivity index (χ1n) is 6.19. The third kappa shape index (κ3) is 3.04. The Balaban J connectivity index is 2.03. The molecule has 5 heteroatoms. The number of nitriles is 1. The lowest BCUT2D eigenvalue weighted by Gasteiger charge is -2.07. The van der Waals surface area contributed by atoms with E-state index in [0.717, 1.165) is 30.8 Å². The van der Waals surface area contributed by atoms with Crippen LogP contribution in [-0.4, -0.2) is 26.2 Å². The quantitative estimate of drug-likeness (QED) is 0.807. The number of hydrogen-bond acceptors (Lipinski definition) is 4. The Bertz CT molecular complexity index is 415. The number of aliphatic hydroxyl groups excluding tert-OH is 1. The van der Waals surface area contributed by atoms with Gasteiger partial charge in [-0.1, -0.05) is 5.21 Å². The molecule has 1 N–H and O–H groups in total. The topological polar surface area (TPSA) is 74.7 Å². The standard InChI is InChI=1S/C12H18N4O/c1-9(17)3-2-8-16-12(10-4-5-10)11(6-7-13)14-15-16/h9-10,17H,2-6,8H2,1H3. The molecule has 0 radical (unpaired) electrons. The maximum atomic E-state index is 9.22. The Morgan fingerprint density at radius 3 is 2.94 bits per heavy atom. The zero-order chi connectivity index (χ0) is 12.3. The van der Waals surface area contributed by atoms with Gasteiger partial charge in [0.05, 0.1) is 24.3 Å². The Kier molecular flexibility index (Phi) is 3.75. The molecule has 92 valence electrons. The van der Waals surface area contributed by atoms with Crippen molar-refractivity contribution < 1.29 is 5.11 Å². The molecule has 1 aliphatic rings. The molecule has 1 aromatic heterocycles. The van der Waals surface area contributed by atoms with Crippen LogP contribution in [0.25, 0.3) is 0 Å². The third-order valence-corrected chi connectivity index (χ3v) is 3.05. The molecule has 0 saturated heterocycles. The van der Waals surface area contributed by atoms with Crippen molar-refractivity contribution in [3.63, 3.8) is 0 Å². The van der Waals surface area contributed by atoms with Gasteiger partial charge in [-0.2, -0.15) is 5.26 Å². The average molecular weight is 234 g/mol. The Labute approximate surface area is 101 Å². The van der Waals surface area contributed by atoms with Gasteiger partial charge in [-0.05, 0) is 32.6 Å². The van der Waals surface area contributed by atoms with Gasteiger partial charge in [0.25, 0.3) is 0 Å². The highest BCUT2D eigenvalue weighted by molar-refractivity contribution is 5.22. The van der Waals surface area contributed by atoms with Crippen LogP contribution in [0.4, 0.5) is 0 Å². The normalized spacial score (nSPS) is 16.8. The van der Waals surface area contributed by atoms with Gasteiger partial charge in [-0.3, -0.25) is 0 Å². The van der Waals surface area contributed by atoms with E-state index in [0.29, 0.717) is 12.3 Å². The molecule has 1 saturated carbocycles. The number of rotatable bonds is 6. The van der Waals surface area contributed by atoms with Crippen molar-refractivity contribution in [3.05, 3.63) is 11.4 Å². The summed E-state index contributed by atoms with van der Waals surface area (Å²) in [6, 6.07) is 2.14. The molecule has 17 heavy (non-hydrogen) atoms. The van der Waals surface area contributed by atoms with Gasteiger partial charge in [-0.25, -0.2) is 4.68 Å². The van der Waals surface area contributed by atoms with E-state index in [1.54, 1.807) is 6.92 Å². The van der Waals surface area contributed by atoms with E-state index >= 15 is 0 Å². The molecular formula is C12H18N4O. The van der Waals surface area contributed by atoms with Gasteiger partial charge >= 0.3 is 0 Å². The second kappa shape index (κ2) is 5.28. The van der Waals surface area contributed by atoms with Crippen molar-refractivity contribution in [2.24, 2.45) is 0 Å². The summed E-state index contributed by atoms with van der Waals surface area (Å²) in [5, 5.41) is 26.2.